The molecule has 2 heterocycles. The number of rotatable bonds is 3. The number of aromatic nitrogens is 1. The van der Waals surface area contributed by atoms with Crippen molar-refractivity contribution < 1.29 is 19.1 Å². The molecule has 1 aliphatic rings. The number of carbonyl (C=O) groups excluding carboxylic acids is 1. The molecule has 116 valence electrons. The van der Waals surface area contributed by atoms with Gasteiger partial charge >= 0.3 is 12.0 Å². The Hall–Kier alpha value is -2.05. The average molecular weight is 295 g/mol. The van der Waals surface area contributed by atoms with Crippen LogP contribution in [-0.2, 0) is 4.79 Å². The summed E-state index contributed by atoms with van der Waals surface area (Å²) >= 11 is 0. The van der Waals surface area contributed by atoms with Gasteiger partial charge in [0, 0.05) is 13.1 Å². The number of hydrogen-bond donors (Lipinski definition) is 2. The fraction of sp³-hybridized carbons (Fsp3) is 0.643. The van der Waals surface area contributed by atoms with Crippen LogP contribution >= 0.6 is 0 Å². The zero-order valence-corrected chi connectivity index (χ0v) is 12.5. The van der Waals surface area contributed by atoms with E-state index in [0.29, 0.717) is 31.0 Å². The van der Waals surface area contributed by atoms with Crippen molar-refractivity contribution in [3.05, 3.63) is 17.8 Å². The van der Waals surface area contributed by atoms with E-state index in [0.717, 1.165) is 0 Å². The maximum atomic E-state index is 12.3. The molecular weight excluding hydrogens is 274 g/mol. The monoisotopic (exact) mass is 295 g/mol. The van der Waals surface area contributed by atoms with Gasteiger partial charge in [-0.2, -0.15) is 0 Å². The van der Waals surface area contributed by atoms with Crippen molar-refractivity contribution in [2.75, 3.05) is 13.1 Å². The molecule has 7 heteroatoms. The van der Waals surface area contributed by atoms with Crippen molar-refractivity contribution >= 4 is 12.0 Å². The van der Waals surface area contributed by atoms with Gasteiger partial charge in [-0.1, -0.05) is 0 Å². The minimum atomic E-state index is -0.877. The Bertz CT molecular complexity index is 542. The van der Waals surface area contributed by atoms with E-state index in [4.69, 9.17) is 4.42 Å². The van der Waals surface area contributed by atoms with Crippen LogP contribution in [0.3, 0.4) is 0 Å². The SMILES string of the molecule is Cc1cnc(C(C)NC(=O)N2CCCC(C)(C(=O)O)C2)o1. The van der Waals surface area contributed by atoms with E-state index in [1.54, 1.807) is 31.9 Å². The molecule has 2 rings (SSSR count). The Balaban J connectivity index is 1.98. The number of nitrogens with zero attached hydrogens (tertiary/aromatic N) is 2. The van der Waals surface area contributed by atoms with E-state index in [2.05, 4.69) is 10.3 Å². The van der Waals surface area contributed by atoms with Crippen molar-refractivity contribution in [1.82, 2.24) is 15.2 Å². The second kappa shape index (κ2) is 5.75. The lowest BCUT2D eigenvalue weighted by molar-refractivity contribution is -0.150. The summed E-state index contributed by atoms with van der Waals surface area (Å²) < 4.78 is 5.37. The molecule has 1 aromatic heterocycles. The molecule has 1 fully saturated rings. The van der Waals surface area contributed by atoms with Crippen molar-refractivity contribution in [1.29, 1.82) is 0 Å². The van der Waals surface area contributed by atoms with E-state index >= 15 is 0 Å². The summed E-state index contributed by atoms with van der Waals surface area (Å²) in [6.07, 6.45) is 2.86. The first-order valence-electron chi connectivity index (χ1n) is 7.03. The number of aliphatic carboxylic acids is 1. The zero-order chi connectivity index (χ0) is 15.6. The van der Waals surface area contributed by atoms with Crippen LogP contribution in [0.4, 0.5) is 4.79 Å². The summed E-state index contributed by atoms with van der Waals surface area (Å²) in [7, 11) is 0. The van der Waals surface area contributed by atoms with E-state index in [1.807, 2.05) is 0 Å². The maximum absolute atomic E-state index is 12.3. The lowest BCUT2D eigenvalue weighted by atomic mass is 9.82. The van der Waals surface area contributed by atoms with Crippen LogP contribution in [0, 0.1) is 12.3 Å². The van der Waals surface area contributed by atoms with Crippen LogP contribution in [0.15, 0.2) is 10.6 Å². The van der Waals surface area contributed by atoms with Gasteiger partial charge in [-0.3, -0.25) is 4.79 Å². The molecule has 1 aliphatic heterocycles. The molecule has 0 spiro atoms. The molecule has 1 aromatic rings. The van der Waals surface area contributed by atoms with Gasteiger partial charge < -0.3 is 19.7 Å². The fourth-order valence-corrected chi connectivity index (χ4v) is 2.50. The molecule has 2 atom stereocenters. The number of likely N-dealkylation sites (tertiary alicyclic amines) is 1. The van der Waals surface area contributed by atoms with Crippen molar-refractivity contribution in [3.63, 3.8) is 0 Å². The number of nitrogens with one attached hydrogen (secondary N) is 1. The number of urea groups is 1. The van der Waals surface area contributed by atoms with Crippen molar-refractivity contribution in [2.24, 2.45) is 5.41 Å². The zero-order valence-electron chi connectivity index (χ0n) is 12.5. The molecule has 7 nitrogen and oxygen atoms in total. The molecule has 21 heavy (non-hydrogen) atoms. The summed E-state index contributed by atoms with van der Waals surface area (Å²) in [5.74, 6) is 0.262. The summed E-state index contributed by atoms with van der Waals surface area (Å²) in [5.41, 5.74) is -0.877. The number of hydrogen-bond acceptors (Lipinski definition) is 4. The number of piperidine rings is 1. The Morgan fingerprint density at radius 3 is 2.86 bits per heavy atom. The molecular formula is C14H21N3O4. The average Bonchev–Trinajstić information content (AvgIpc) is 2.85. The first kappa shape index (κ1) is 15.3. The standard InChI is InChI=1S/C14H21N3O4/c1-9-7-15-11(21-9)10(2)16-13(20)17-6-4-5-14(3,8-17)12(18)19/h7,10H,4-6,8H2,1-3H3,(H,16,20)(H,18,19). The third-order valence-corrected chi connectivity index (χ3v) is 3.85. The third-order valence-electron chi connectivity index (χ3n) is 3.85. The number of amides is 2. The Labute approximate surface area is 123 Å². The van der Waals surface area contributed by atoms with Gasteiger partial charge in [0.2, 0.25) is 5.89 Å². The van der Waals surface area contributed by atoms with Crippen LogP contribution < -0.4 is 5.32 Å². The number of oxazole rings is 1. The first-order valence-corrected chi connectivity index (χ1v) is 7.03. The van der Waals surface area contributed by atoms with E-state index in [9.17, 15) is 14.7 Å². The smallest absolute Gasteiger partial charge is 0.318 e. The molecule has 0 bridgehead atoms. The quantitative estimate of drug-likeness (QED) is 0.888. The molecule has 0 radical (unpaired) electrons. The molecule has 2 unspecified atom stereocenters. The van der Waals surface area contributed by atoms with Crippen LogP contribution in [0.2, 0.25) is 0 Å². The van der Waals surface area contributed by atoms with Gasteiger partial charge in [-0.05, 0) is 33.6 Å². The van der Waals surface area contributed by atoms with Gasteiger partial charge in [-0.25, -0.2) is 9.78 Å². The van der Waals surface area contributed by atoms with Gasteiger partial charge in [0.15, 0.2) is 0 Å². The summed E-state index contributed by atoms with van der Waals surface area (Å²) in [6.45, 7) is 6.02. The molecule has 2 amide bonds. The Kier molecular flexibility index (Phi) is 4.20. The maximum Gasteiger partial charge on any atom is 0.318 e. The number of carboxylic acids is 1. The predicted octanol–water partition coefficient (Wildman–Crippen LogP) is 1.94. The van der Waals surface area contributed by atoms with E-state index in [1.165, 1.54) is 0 Å². The molecule has 0 aromatic carbocycles. The normalized spacial score (nSPS) is 23.7. The third kappa shape index (κ3) is 3.34. The lowest BCUT2D eigenvalue weighted by Gasteiger charge is -2.37. The van der Waals surface area contributed by atoms with Crippen LogP contribution in [0.25, 0.3) is 0 Å². The fourth-order valence-electron chi connectivity index (χ4n) is 2.50. The lowest BCUT2D eigenvalue weighted by Crippen LogP contribution is -2.51. The van der Waals surface area contributed by atoms with Crippen LogP contribution in [0.5, 0.6) is 0 Å². The second-order valence-electron chi connectivity index (χ2n) is 5.87. The molecule has 2 N–H and O–H groups in total. The van der Waals surface area contributed by atoms with Crippen LogP contribution in [-0.4, -0.2) is 40.1 Å². The number of carbonyl (C=O) groups is 2. The van der Waals surface area contributed by atoms with E-state index < -0.39 is 11.4 Å². The summed E-state index contributed by atoms with van der Waals surface area (Å²) in [5, 5.41) is 12.1. The largest absolute Gasteiger partial charge is 0.481 e. The number of aryl methyl sites for hydroxylation is 1. The number of carboxylic acid groups (broad SMARTS) is 1. The highest BCUT2D eigenvalue weighted by Crippen LogP contribution is 2.29. The topological polar surface area (TPSA) is 95.7 Å². The molecule has 1 saturated heterocycles. The summed E-state index contributed by atoms with van der Waals surface area (Å²) in [4.78, 5) is 29.2. The predicted molar refractivity (Wildman–Crippen MR) is 74.7 cm³/mol. The molecule has 0 aliphatic carbocycles. The Morgan fingerprint density at radius 2 is 2.29 bits per heavy atom. The van der Waals surface area contributed by atoms with Gasteiger partial charge in [0.25, 0.3) is 0 Å². The molecule has 0 saturated carbocycles. The highest BCUT2D eigenvalue weighted by molar-refractivity contribution is 5.78. The minimum Gasteiger partial charge on any atom is -0.481 e. The van der Waals surface area contributed by atoms with E-state index in [-0.39, 0.29) is 18.6 Å². The highest BCUT2D eigenvalue weighted by atomic mass is 16.4. The van der Waals surface area contributed by atoms with Crippen molar-refractivity contribution in [3.8, 4) is 0 Å². The first-order chi connectivity index (χ1) is 9.82. The van der Waals surface area contributed by atoms with Gasteiger partial charge in [0.05, 0.1) is 11.6 Å². The van der Waals surface area contributed by atoms with Crippen LogP contribution in [0.1, 0.15) is 44.4 Å². The Morgan fingerprint density at radius 1 is 1.57 bits per heavy atom. The van der Waals surface area contributed by atoms with Gasteiger partial charge in [0.1, 0.15) is 11.8 Å². The minimum absolute atomic E-state index is 0.214. The van der Waals surface area contributed by atoms with Gasteiger partial charge in [-0.15, -0.1) is 0 Å². The second-order valence-corrected chi connectivity index (χ2v) is 5.87. The summed E-state index contributed by atoms with van der Waals surface area (Å²) in [6, 6.07) is -0.644. The van der Waals surface area contributed by atoms with Crippen molar-refractivity contribution in [2.45, 2.75) is 39.7 Å². The highest BCUT2D eigenvalue weighted by Gasteiger charge is 2.39.